The zero-order valence-corrected chi connectivity index (χ0v) is 25.2. The lowest BCUT2D eigenvalue weighted by molar-refractivity contribution is -0.403. The molecule has 11 heteroatoms. The quantitative estimate of drug-likeness (QED) is 0.0483. The Labute approximate surface area is 236 Å². The molecule has 0 aromatic carbocycles. The normalized spacial score (nSPS) is 14.0. The van der Waals surface area contributed by atoms with E-state index in [1.54, 1.807) is 6.34 Å². The molecule has 0 amide bonds. The van der Waals surface area contributed by atoms with Crippen molar-refractivity contribution in [2.45, 2.75) is 73.1 Å². The average molecular weight is 555 g/mol. The number of ether oxygens (including phenoxy) is 2. The third-order valence-corrected chi connectivity index (χ3v) is 5.22. The molecule has 0 unspecified atom stereocenters. The summed E-state index contributed by atoms with van der Waals surface area (Å²) in [6, 6.07) is 0. The number of nitrogens with zero attached hydrogens (tertiary/aromatic N) is 4. The van der Waals surface area contributed by atoms with Crippen molar-refractivity contribution in [1.82, 2.24) is 15.1 Å². The van der Waals surface area contributed by atoms with Gasteiger partial charge in [-0.25, -0.2) is 4.99 Å². The number of rotatable bonds is 18. The molecule has 1 fully saturated rings. The monoisotopic (exact) mass is 554 g/mol. The van der Waals surface area contributed by atoms with Gasteiger partial charge in [-0.2, -0.15) is 0 Å². The van der Waals surface area contributed by atoms with Crippen molar-refractivity contribution in [2.24, 2.45) is 10.7 Å². The first-order valence-electron chi connectivity index (χ1n) is 14.2. The fourth-order valence-electron chi connectivity index (χ4n) is 3.31. The first kappa shape index (κ1) is 38.2. The van der Waals surface area contributed by atoms with Crippen LogP contribution in [-0.4, -0.2) is 86.7 Å². The number of carbonyl (C=O) groups excluding carboxylic acids is 1. The van der Waals surface area contributed by atoms with Gasteiger partial charge in [0.25, 0.3) is 6.20 Å². The number of hydrogen-bond acceptors (Lipinski definition) is 9. The molecule has 1 rings (SSSR count). The number of allylic oxidation sites excluding steroid dienone is 1. The first-order chi connectivity index (χ1) is 18.9. The molecule has 1 aliphatic heterocycles. The van der Waals surface area contributed by atoms with E-state index in [2.05, 4.69) is 47.3 Å². The topological polar surface area (TPSA) is 136 Å². The molecule has 0 saturated carbocycles. The molecule has 0 spiro atoms. The second-order valence-electron chi connectivity index (χ2n) is 8.45. The summed E-state index contributed by atoms with van der Waals surface area (Å²) in [4.78, 5) is 29.6. The Morgan fingerprint density at radius 3 is 2.46 bits per heavy atom. The van der Waals surface area contributed by atoms with Crippen molar-refractivity contribution in [3.05, 3.63) is 45.9 Å². The number of esters is 1. The molecule has 0 aromatic rings. The van der Waals surface area contributed by atoms with E-state index in [-0.39, 0.29) is 18.3 Å². The zero-order valence-electron chi connectivity index (χ0n) is 25.2. The van der Waals surface area contributed by atoms with Crippen molar-refractivity contribution < 1.29 is 19.2 Å². The van der Waals surface area contributed by atoms with Crippen LogP contribution in [0.15, 0.2) is 40.8 Å². The summed E-state index contributed by atoms with van der Waals surface area (Å²) >= 11 is 0. The third-order valence-electron chi connectivity index (χ3n) is 5.22. The summed E-state index contributed by atoms with van der Waals surface area (Å²) in [6.07, 6.45) is 15.8. The van der Waals surface area contributed by atoms with Crippen LogP contribution in [0.1, 0.15) is 73.1 Å². The van der Waals surface area contributed by atoms with Crippen molar-refractivity contribution in [1.29, 1.82) is 0 Å². The Morgan fingerprint density at radius 1 is 1.23 bits per heavy atom. The number of nitro groups is 1. The van der Waals surface area contributed by atoms with E-state index in [0.29, 0.717) is 19.5 Å². The first-order valence-corrected chi connectivity index (χ1v) is 14.2. The molecule has 1 saturated heterocycles. The molecular weight excluding hydrogens is 500 g/mol. The average Bonchev–Trinajstić information content (AvgIpc) is 3.43. The Kier molecular flexibility index (Phi) is 27.5. The minimum Gasteiger partial charge on any atom is -0.465 e. The van der Waals surface area contributed by atoms with Gasteiger partial charge in [-0.15, -0.1) is 0 Å². The molecule has 1 heterocycles. The lowest BCUT2D eigenvalue weighted by Gasteiger charge is -2.19. The van der Waals surface area contributed by atoms with E-state index in [0.717, 1.165) is 45.4 Å². The molecule has 0 radical (unpaired) electrons. The second kappa shape index (κ2) is 28.1. The van der Waals surface area contributed by atoms with Crippen LogP contribution in [0, 0.1) is 10.1 Å². The van der Waals surface area contributed by atoms with E-state index in [1.165, 1.54) is 38.6 Å². The van der Waals surface area contributed by atoms with E-state index >= 15 is 0 Å². The van der Waals surface area contributed by atoms with Gasteiger partial charge in [0.15, 0.2) is 5.82 Å². The number of carbonyl (C=O) groups is 1. The van der Waals surface area contributed by atoms with E-state index in [9.17, 15) is 14.9 Å². The Morgan fingerprint density at radius 2 is 1.92 bits per heavy atom. The number of aliphatic imine (C=N–C) groups is 1. The second-order valence-corrected chi connectivity index (χ2v) is 8.45. The number of nitrogens with two attached hydrogens (primary N) is 1. The molecule has 0 atom stereocenters. The van der Waals surface area contributed by atoms with Crippen molar-refractivity contribution in [3.8, 4) is 0 Å². The van der Waals surface area contributed by atoms with Gasteiger partial charge in [0.1, 0.15) is 13.3 Å². The molecule has 226 valence electrons. The summed E-state index contributed by atoms with van der Waals surface area (Å²) in [5, 5.41) is 12.0. The van der Waals surface area contributed by atoms with Crippen LogP contribution in [-0.2, 0) is 14.3 Å². The van der Waals surface area contributed by atoms with Crippen LogP contribution in [0.2, 0.25) is 0 Å². The summed E-state index contributed by atoms with van der Waals surface area (Å²) in [6.45, 7) is 15.9. The lowest BCUT2D eigenvalue weighted by Crippen LogP contribution is -2.31. The molecule has 0 aliphatic carbocycles. The fraction of sp³-hybridized carbons (Fsp3) is 0.714. The highest BCUT2D eigenvalue weighted by Crippen LogP contribution is 2.12. The highest BCUT2D eigenvalue weighted by molar-refractivity contribution is 5.74. The Bertz CT molecular complexity index is 734. The maximum absolute atomic E-state index is 11.9. The van der Waals surface area contributed by atoms with Gasteiger partial charge in [-0.3, -0.25) is 19.8 Å². The standard InChI is InChI=1S/C23H41N3O3.C3H7N3O2.C2H6/c1-4-7-12-22(18-25-14-9-10-15-25)13-11-16-26(19-23(27)29-6-3)20-24-21-28-17-8-5-2;1-5-3(4)2-6(7)8;1-2/h7,12-13,20H,4-6,8-11,14-19,21H2,1-3H3;2,5H,4H2,1H3;1-2H3/b12-7-,22-13+,24-20+;3-2-;. The summed E-state index contributed by atoms with van der Waals surface area (Å²) in [5.41, 5.74) is 6.33. The fourth-order valence-corrected chi connectivity index (χ4v) is 3.31. The van der Waals surface area contributed by atoms with Gasteiger partial charge in [0.2, 0.25) is 0 Å². The van der Waals surface area contributed by atoms with Crippen molar-refractivity contribution in [2.75, 3.05) is 59.7 Å². The van der Waals surface area contributed by atoms with Crippen LogP contribution < -0.4 is 11.1 Å². The van der Waals surface area contributed by atoms with Crippen molar-refractivity contribution in [3.63, 3.8) is 0 Å². The molecule has 0 aromatic heterocycles. The minimum absolute atomic E-state index is 0.0509. The highest BCUT2D eigenvalue weighted by atomic mass is 16.6. The zero-order chi connectivity index (χ0) is 29.7. The Hall–Kier alpha value is -2.92. The van der Waals surface area contributed by atoms with Gasteiger partial charge in [-0.1, -0.05) is 52.3 Å². The molecule has 11 nitrogen and oxygen atoms in total. The molecule has 3 N–H and O–H groups in total. The van der Waals surface area contributed by atoms with E-state index in [4.69, 9.17) is 15.2 Å². The predicted octanol–water partition coefficient (Wildman–Crippen LogP) is 4.30. The summed E-state index contributed by atoms with van der Waals surface area (Å²) in [5.74, 6) is -0.173. The number of hydrogen-bond donors (Lipinski definition) is 2. The SMILES string of the molecule is CC.CC/C=C\C(=C/CCN(/C=N/COCCCC)CC(=O)OCC)CN1CCCC1.CN/C(N)=C\[N+](=O)[O-]. The third kappa shape index (κ3) is 25.1. The smallest absolute Gasteiger partial charge is 0.325 e. The van der Waals surface area contributed by atoms with Gasteiger partial charge in [0, 0.05) is 26.7 Å². The molecule has 0 bridgehead atoms. The molecule has 39 heavy (non-hydrogen) atoms. The van der Waals surface area contributed by atoms with Gasteiger partial charge in [-0.05, 0) is 57.7 Å². The van der Waals surface area contributed by atoms with Crippen LogP contribution >= 0.6 is 0 Å². The highest BCUT2D eigenvalue weighted by Gasteiger charge is 2.12. The largest absolute Gasteiger partial charge is 0.465 e. The van der Waals surface area contributed by atoms with Crippen LogP contribution in [0.4, 0.5) is 0 Å². The maximum Gasteiger partial charge on any atom is 0.325 e. The maximum atomic E-state index is 11.9. The van der Waals surface area contributed by atoms with Crippen molar-refractivity contribution >= 4 is 12.3 Å². The summed E-state index contributed by atoms with van der Waals surface area (Å²) < 4.78 is 10.6. The number of unbranched alkanes of at least 4 members (excludes halogenated alkanes) is 1. The minimum atomic E-state index is -0.619. The van der Waals surface area contributed by atoms with Gasteiger partial charge < -0.3 is 25.4 Å². The van der Waals surface area contributed by atoms with Crippen LogP contribution in [0.3, 0.4) is 0 Å². The summed E-state index contributed by atoms with van der Waals surface area (Å²) in [7, 11) is 1.51. The van der Waals surface area contributed by atoms with Crippen LogP contribution in [0.5, 0.6) is 0 Å². The molecule has 1 aliphatic rings. The van der Waals surface area contributed by atoms with Gasteiger partial charge >= 0.3 is 5.97 Å². The lowest BCUT2D eigenvalue weighted by atomic mass is 10.1. The van der Waals surface area contributed by atoms with Crippen LogP contribution in [0.25, 0.3) is 0 Å². The van der Waals surface area contributed by atoms with E-state index < -0.39 is 4.92 Å². The predicted molar refractivity (Wildman–Crippen MR) is 160 cm³/mol. The van der Waals surface area contributed by atoms with Gasteiger partial charge in [0.05, 0.1) is 17.9 Å². The molecular formula is C28H54N6O5. The number of likely N-dealkylation sites (tertiary alicyclic amines) is 1. The number of nitrogens with one attached hydrogen (secondary N) is 1. The Balaban J connectivity index is 0. The van der Waals surface area contributed by atoms with E-state index in [1.807, 2.05) is 25.7 Å².